The fourth-order valence-corrected chi connectivity index (χ4v) is 3.12. The number of hydrogen-bond acceptors (Lipinski definition) is 4. The van der Waals surface area contributed by atoms with Crippen molar-refractivity contribution in [2.24, 2.45) is 5.73 Å². The number of para-hydroxylation sites is 1. The Morgan fingerprint density at radius 2 is 2.00 bits per heavy atom. The van der Waals surface area contributed by atoms with Gasteiger partial charge in [0.1, 0.15) is 12.2 Å². The largest absolute Gasteiger partial charge is 0.489 e. The quantitative estimate of drug-likeness (QED) is 0.858. The van der Waals surface area contributed by atoms with Crippen molar-refractivity contribution in [2.75, 3.05) is 18.1 Å². The van der Waals surface area contributed by atoms with Gasteiger partial charge in [0.15, 0.2) is 5.75 Å². The molecule has 0 aromatic heterocycles. The number of nitrogens with two attached hydrogens (primary N) is 1. The van der Waals surface area contributed by atoms with Crippen LogP contribution in [0.4, 0.5) is 5.69 Å². The molecule has 0 spiro atoms. The average molecular weight is 290 g/mol. The molecule has 21 heavy (non-hydrogen) atoms. The molecule has 3 N–H and O–H groups in total. The van der Waals surface area contributed by atoms with Crippen molar-refractivity contribution in [3.8, 4) is 5.75 Å². The molecule has 112 valence electrons. The van der Waals surface area contributed by atoms with Crippen LogP contribution in [0.2, 0.25) is 0 Å². The molecule has 2 aliphatic rings. The van der Waals surface area contributed by atoms with Gasteiger partial charge in [0.05, 0.1) is 17.8 Å². The summed E-state index contributed by atoms with van der Waals surface area (Å²) in [6.07, 6.45) is 3.26. The van der Waals surface area contributed by atoms with Crippen LogP contribution in [0.3, 0.4) is 0 Å². The van der Waals surface area contributed by atoms with E-state index < -0.39 is 11.5 Å². The highest BCUT2D eigenvalue weighted by atomic mass is 16.5. The topological polar surface area (TPSA) is 92.9 Å². The minimum atomic E-state index is -1.07. The number of hydrogen-bond donors (Lipinski definition) is 2. The number of rotatable bonds is 2. The summed E-state index contributed by atoms with van der Waals surface area (Å²) in [5.41, 5.74) is 5.99. The van der Waals surface area contributed by atoms with Crippen molar-refractivity contribution in [3.05, 3.63) is 23.8 Å². The highest BCUT2D eigenvalue weighted by molar-refractivity contribution is 6.04. The van der Waals surface area contributed by atoms with Crippen LogP contribution in [0, 0.1) is 0 Å². The summed E-state index contributed by atoms with van der Waals surface area (Å²) in [7, 11) is 0. The van der Waals surface area contributed by atoms with E-state index in [2.05, 4.69) is 0 Å². The van der Waals surface area contributed by atoms with Gasteiger partial charge in [0, 0.05) is 0 Å². The molecule has 1 aliphatic heterocycles. The van der Waals surface area contributed by atoms with Crippen molar-refractivity contribution in [2.45, 2.75) is 31.2 Å². The first-order valence-corrected chi connectivity index (χ1v) is 7.13. The van der Waals surface area contributed by atoms with Crippen LogP contribution in [0.1, 0.15) is 36.0 Å². The Balaban J connectivity index is 1.99. The molecule has 3 rings (SSSR count). The third-order valence-electron chi connectivity index (χ3n) is 4.24. The normalized spacial score (nSPS) is 19.8. The van der Waals surface area contributed by atoms with E-state index in [1.165, 1.54) is 6.07 Å². The third kappa shape index (κ3) is 2.25. The van der Waals surface area contributed by atoms with Crippen molar-refractivity contribution in [1.29, 1.82) is 0 Å². The van der Waals surface area contributed by atoms with Crippen LogP contribution in [0.5, 0.6) is 5.75 Å². The van der Waals surface area contributed by atoms with E-state index in [9.17, 15) is 14.7 Å². The minimum Gasteiger partial charge on any atom is -0.489 e. The van der Waals surface area contributed by atoms with Crippen LogP contribution >= 0.6 is 0 Å². The molecule has 0 bridgehead atoms. The number of carbonyl (C=O) groups excluding carboxylic acids is 1. The maximum atomic E-state index is 12.8. The van der Waals surface area contributed by atoms with Crippen molar-refractivity contribution >= 4 is 17.6 Å². The Morgan fingerprint density at radius 1 is 1.29 bits per heavy atom. The molecule has 6 nitrogen and oxygen atoms in total. The molecule has 0 unspecified atom stereocenters. The molecule has 0 radical (unpaired) electrons. The van der Waals surface area contributed by atoms with Crippen LogP contribution in [-0.2, 0) is 4.79 Å². The number of ether oxygens (including phenoxy) is 1. The van der Waals surface area contributed by atoms with Gasteiger partial charge in [-0.05, 0) is 25.0 Å². The lowest BCUT2D eigenvalue weighted by atomic mass is 9.96. The molecule has 0 saturated heterocycles. The SMILES string of the molecule is NC1(C(=O)N2CCOc3c(C(=O)O)cccc32)CCCC1. The van der Waals surface area contributed by atoms with Gasteiger partial charge in [-0.25, -0.2) is 4.79 Å². The number of nitrogens with zero attached hydrogens (tertiary/aromatic N) is 1. The second-order valence-electron chi connectivity index (χ2n) is 5.63. The highest BCUT2D eigenvalue weighted by Crippen LogP contribution is 2.38. The smallest absolute Gasteiger partial charge is 0.339 e. The summed E-state index contributed by atoms with van der Waals surface area (Å²) < 4.78 is 5.48. The zero-order valence-corrected chi connectivity index (χ0v) is 11.7. The molecule has 1 aromatic rings. The van der Waals surface area contributed by atoms with Crippen molar-refractivity contribution < 1.29 is 19.4 Å². The fraction of sp³-hybridized carbons (Fsp3) is 0.467. The van der Waals surface area contributed by atoms with Gasteiger partial charge in [-0.3, -0.25) is 4.79 Å². The number of carbonyl (C=O) groups is 2. The van der Waals surface area contributed by atoms with Gasteiger partial charge >= 0.3 is 5.97 Å². The summed E-state index contributed by atoms with van der Waals surface area (Å²) >= 11 is 0. The van der Waals surface area contributed by atoms with Gasteiger partial charge in [-0.1, -0.05) is 18.9 Å². The molecule has 1 saturated carbocycles. The summed E-state index contributed by atoms with van der Waals surface area (Å²) in [4.78, 5) is 25.6. The number of anilines is 1. The standard InChI is InChI=1S/C15H18N2O4/c16-15(6-1-2-7-15)14(20)17-8-9-21-12-10(13(18)19)4-3-5-11(12)17/h3-5H,1-2,6-9,16H2,(H,18,19). The Labute approximate surface area is 122 Å². The Kier molecular flexibility index (Phi) is 3.33. The van der Waals surface area contributed by atoms with Gasteiger partial charge in [0.2, 0.25) is 5.91 Å². The van der Waals surface area contributed by atoms with Crippen LogP contribution in [0.25, 0.3) is 0 Å². The Hall–Kier alpha value is -2.08. The molecule has 1 aromatic carbocycles. The maximum Gasteiger partial charge on any atom is 0.339 e. The average Bonchev–Trinajstić information content (AvgIpc) is 2.93. The van der Waals surface area contributed by atoms with Crippen LogP contribution in [0.15, 0.2) is 18.2 Å². The van der Waals surface area contributed by atoms with E-state index in [-0.39, 0.29) is 23.8 Å². The molecule has 6 heteroatoms. The zero-order chi connectivity index (χ0) is 15.0. The number of fused-ring (bicyclic) bond motifs is 1. The van der Waals surface area contributed by atoms with Gasteiger partial charge in [-0.2, -0.15) is 0 Å². The second-order valence-corrected chi connectivity index (χ2v) is 5.63. The predicted octanol–water partition coefficient (Wildman–Crippen LogP) is 1.38. The number of benzene rings is 1. The van der Waals surface area contributed by atoms with E-state index in [0.29, 0.717) is 25.1 Å². The van der Waals surface area contributed by atoms with Crippen LogP contribution < -0.4 is 15.4 Å². The first kappa shape index (κ1) is 13.9. The van der Waals surface area contributed by atoms with E-state index in [1.54, 1.807) is 17.0 Å². The lowest BCUT2D eigenvalue weighted by molar-refractivity contribution is -0.123. The van der Waals surface area contributed by atoms with Gasteiger partial charge in [-0.15, -0.1) is 0 Å². The lowest BCUT2D eigenvalue weighted by Crippen LogP contribution is -2.55. The number of aromatic carboxylic acids is 1. The lowest BCUT2D eigenvalue weighted by Gasteiger charge is -2.35. The monoisotopic (exact) mass is 290 g/mol. The zero-order valence-electron chi connectivity index (χ0n) is 11.7. The third-order valence-corrected chi connectivity index (χ3v) is 4.24. The van der Waals surface area contributed by atoms with Gasteiger partial charge in [0.25, 0.3) is 0 Å². The summed E-state index contributed by atoms with van der Waals surface area (Å²) in [5, 5.41) is 9.22. The van der Waals surface area contributed by atoms with Crippen molar-refractivity contribution in [3.63, 3.8) is 0 Å². The van der Waals surface area contributed by atoms with E-state index in [4.69, 9.17) is 10.5 Å². The molecule has 0 atom stereocenters. The van der Waals surface area contributed by atoms with E-state index >= 15 is 0 Å². The molecule has 1 heterocycles. The number of carboxylic acids is 1. The predicted molar refractivity (Wildman–Crippen MR) is 76.6 cm³/mol. The second kappa shape index (κ2) is 5.04. The van der Waals surface area contributed by atoms with Crippen molar-refractivity contribution in [1.82, 2.24) is 0 Å². The summed E-state index contributed by atoms with van der Waals surface area (Å²) in [6, 6.07) is 4.80. The first-order valence-electron chi connectivity index (χ1n) is 7.13. The highest BCUT2D eigenvalue weighted by Gasteiger charge is 2.42. The fourth-order valence-electron chi connectivity index (χ4n) is 3.12. The summed E-state index contributed by atoms with van der Waals surface area (Å²) in [6.45, 7) is 0.674. The number of carboxylic acid groups (broad SMARTS) is 1. The van der Waals surface area contributed by atoms with E-state index in [1.807, 2.05) is 0 Å². The number of amides is 1. The molecular weight excluding hydrogens is 272 g/mol. The molecule has 1 fully saturated rings. The maximum absolute atomic E-state index is 12.8. The van der Waals surface area contributed by atoms with Gasteiger partial charge < -0.3 is 20.5 Å². The Morgan fingerprint density at radius 3 is 2.67 bits per heavy atom. The van der Waals surface area contributed by atoms with Crippen LogP contribution in [-0.4, -0.2) is 35.7 Å². The first-order chi connectivity index (χ1) is 10.0. The van der Waals surface area contributed by atoms with E-state index in [0.717, 1.165) is 12.8 Å². The summed E-state index contributed by atoms with van der Waals surface area (Å²) in [5.74, 6) is -0.942. The molecule has 1 aliphatic carbocycles. The molecule has 1 amide bonds. The molecular formula is C15H18N2O4. The Bertz CT molecular complexity index is 593. The minimum absolute atomic E-state index is 0.0718.